The smallest absolute Gasteiger partial charge is 0.150 e. The van der Waals surface area contributed by atoms with Crippen LogP contribution >= 0.6 is 15.9 Å². The van der Waals surface area contributed by atoms with E-state index in [1.165, 1.54) is 18.4 Å². The number of aryl methyl sites for hydroxylation is 1. The van der Waals surface area contributed by atoms with Crippen molar-refractivity contribution < 1.29 is 13.9 Å². The molecule has 2 nitrogen and oxygen atoms in total. The minimum Gasteiger partial charge on any atom is -0.465 e. The molecule has 1 aromatic heterocycles. The van der Waals surface area contributed by atoms with Gasteiger partial charge in [-0.25, -0.2) is 4.39 Å². The molecule has 1 unspecified atom stereocenters. The fourth-order valence-corrected chi connectivity index (χ4v) is 2.01. The predicted molar refractivity (Wildman–Crippen MR) is 61.6 cm³/mol. The molecule has 2 aromatic rings. The van der Waals surface area contributed by atoms with Crippen LogP contribution in [0.4, 0.5) is 4.39 Å². The van der Waals surface area contributed by atoms with E-state index in [1.54, 1.807) is 19.1 Å². The molecule has 1 heterocycles. The number of benzene rings is 1. The number of rotatable bonds is 2. The van der Waals surface area contributed by atoms with Crippen LogP contribution in [0, 0.1) is 12.7 Å². The number of aliphatic hydroxyl groups excluding tert-OH is 1. The second-order valence-electron chi connectivity index (χ2n) is 3.54. The highest BCUT2D eigenvalue weighted by Gasteiger charge is 2.18. The fourth-order valence-electron chi connectivity index (χ4n) is 1.59. The number of furan rings is 1. The Morgan fingerprint density at radius 1 is 1.38 bits per heavy atom. The maximum atomic E-state index is 12.9. The van der Waals surface area contributed by atoms with Crippen molar-refractivity contribution in [2.45, 2.75) is 13.0 Å². The predicted octanol–water partition coefficient (Wildman–Crippen LogP) is 3.57. The van der Waals surface area contributed by atoms with E-state index in [0.717, 1.165) is 0 Å². The van der Waals surface area contributed by atoms with E-state index in [-0.39, 0.29) is 5.82 Å². The van der Waals surface area contributed by atoms with Gasteiger partial charge in [0, 0.05) is 0 Å². The summed E-state index contributed by atoms with van der Waals surface area (Å²) < 4.78 is 18.8. The average molecular weight is 285 g/mol. The molecule has 0 fully saturated rings. The van der Waals surface area contributed by atoms with Gasteiger partial charge in [-0.05, 0) is 52.2 Å². The molecule has 16 heavy (non-hydrogen) atoms. The van der Waals surface area contributed by atoms with Crippen molar-refractivity contribution in [3.05, 3.63) is 57.7 Å². The van der Waals surface area contributed by atoms with E-state index >= 15 is 0 Å². The number of halogens is 2. The zero-order valence-electron chi connectivity index (χ0n) is 8.58. The van der Waals surface area contributed by atoms with Crippen LogP contribution in [0.3, 0.4) is 0 Å². The van der Waals surface area contributed by atoms with Crippen LogP contribution in [-0.4, -0.2) is 5.11 Å². The van der Waals surface area contributed by atoms with Crippen LogP contribution in [0.5, 0.6) is 0 Å². The lowest BCUT2D eigenvalue weighted by Gasteiger charge is -2.11. The first-order valence-corrected chi connectivity index (χ1v) is 5.56. The van der Waals surface area contributed by atoms with Crippen molar-refractivity contribution in [2.75, 3.05) is 0 Å². The monoisotopic (exact) mass is 284 g/mol. The van der Waals surface area contributed by atoms with Gasteiger partial charge in [0.15, 0.2) is 5.76 Å². The van der Waals surface area contributed by atoms with Gasteiger partial charge in [0.2, 0.25) is 0 Å². The number of hydrogen-bond acceptors (Lipinski definition) is 2. The Morgan fingerprint density at radius 3 is 2.69 bits per heavy atom. The van der Waals surface area contributed by atoms with Crippen molar-refractivity contribution in [2.24, 2.45) is 0 Å². The summed E-state index contributed by atoms with van der Waals surface area (Å²) in [5.41, 5.74) is 1.33. The van der Waals surface area contributed by atoms with E-state index in [9.17, 15) is 9.50 Å². The van der Waals surface area contributed by atoms with Gasteiger partial charge in [-0.3, -0.25) is 0 Å². The van der Waals surface area contributed by atoms with Crippen LogP contribution in [0.15, 0.2) is 39.4 Å². The van der Waals surface area contributed by atoms with Gasteiger partial charge < -0.3 is 9.52 Å². The summed E-state index contributed by atoms with van der Waals surface area (Å²) in [6.45, 7) is 1.75. The Hall–Kier alpha value is -1.13. The van der Waals surface area contributed by atoms with Crippen molar-refractivity contribution >= 4 is 15.9 Å². The van der Waals surface area contributed by atoms with Crippen molar-refractivity contribution in [3.8, 4) is 0 Å². The van der Waals surface area contributed by atoms with Gasteiger partial charge in [0.1, 0.15) is 11.9 Å². The highest BCUT2D eigenvalue weighted by molar-refractivity contribution is 9.10. The van der Waals surface area contributed by atoms with E-state index in [0.29, 0.717) is 21.4 Å². The first-order valence-electron chi connectivity index (χ1n) is 4.76. The van der Waals surface area contributed by atoms with E-state index in [1.807, 2.05) is 0 Å². The molecule has 1 aromatic carbocycles. The van der Waals surface area contributed by atoms with Gasteiger partial charge in [0.05, 0.1) is 10.7 Å². The molecule has 1 atom stereocenters. The normalized spacial score (nSPS) is 12.8. The third-order valence-electron chi connectivity index (χ3n) is 2.42. The Morgan fingerprint density at radius 2 is 2.12 bits per heavy atom. The van der Waals surface area contributed by atoms with Crippen LogP contribution in [-0.2, 0) is 0 Å². The lowest BCUT2D eigenvalue weighted by atomic mass is 10.0. The quantitative estimate of drug-likeness (QED) is 0.915. The summed E-state index contributed by atoms with van der Waals surface area (Å²) in [5, 5.41) is 10.1. The zero-order chi connectivity index (χ0) is 11.7. The van der Waals surface area contributed by atoms with Crippen LogP contribution in [0.25, 0.3) is 0 Å². The Bertz CT molecular complexity index is 507. The molecular formula is C12H10BrFO2. The zero-order valence-corrected chi connectivity index (χ0v) is 10.2. The fraction of sp³-hybridized carbons (Fsp3) is 0.167. The highest BCUT2D eigenvalue weighted by atomic mass is 79.9. The van der Waals surface area contributed by atoms with Crippen LogP contribution in [0.2, 0.25) is 0 Å². The van der Waals surface area contributed by atoms with Gasteiger partial charge in [-0.2, -0.15) is 0 Å². The average Bonchev–Trinajstić information content (AvgIpc) is 2.63. The van der Waals surface area contributed by atoms with Gasteiger partial charge in [-0.15, -0.1) is 0 Å². The third kappa shape index (κ3) is 2.03. The topological polar surface area (TPSA) is 33.4 Å². The molecule has 0 aliphatic heterocycles. The largest absolute Gasteiger partial charge is 0.465 e. The summed E-state index contributed by atoms with van der Waals surface area (Å²) in [5.74, 6) is 0.113. The summed E-state index contributed by atoms with van der Waals surface area (Å²) in [4.78, 5) is 0. The molecule has 0 amide bonds. The molecular weight excluding hydrogens is 275 g/mol. The second kappa shape index (κ2) is 4.39. The van der Waals surface area contributed by atoms with Crippen molar-refractivity contribution in [3.63, 3.8) is 0 Å². The lowest BCUT2D eigenvalue weighted by Crippen LogP contribution is -2.01. The van der Waals surface area contributed by atoms with E-state index in [4.69, 9.17) is 4.42 Å². The molecule has 0 saturated carbocycles. The van der Waals surface area contributed by atoms with E-state index < -0.39 is 6.10 Å². The first kappa shape index (κ1) is 11.4. The summed E-state index contributed by atoms with van der Waals surface area (Å²) in [6, 6.07) is 5.97. The van der Waals surface area contributed by atoms with Crippen LogP contribution < -0.4 is 0 Å². The SMILES string of the molecule is Cc1cc(F)ccc1C(O)c1occc1Br. The molecule has 0 radical (unpaired) electrons. The Kier molecular flexibility index (Phi) is 3.12. The molecule has 0 aliphatic carbocycles. The molecule has 1 N–H and O–H groups in total. The summed E-state index contributed by atoms with van der Waals surface area (Å²) in [7, 11) is 0. The van der Waals surface area contributed by atoms with Crippen molar-refractivity contribution in [1.29, 1.82) is 0 Å². The minimum atomic E-state index is -0.884. The van der Waals surface area contributed by atoms with Crippen LogP contribution in [0.1, 0.15) is 23.0 Å². The molecule has 84 valence electrons. The molecule has 0 aliphatic rings. The Labute approximate surface area is 101 Å². The summed E-state index contributed by atoms with van der Waals surface area (Å²) >= 11 is 3.28. The maximum Gasteiger partial charge on any atom is 0.150 e. The van der Waals surface area contributed by atoms with Crippen molar-refractivity contribution in [1.82, 2.24) is 0 Å². The van der Waals surface area contributed by atoms with E-state index in [2.05, 4.69) is 15.9 Å². The molecule has 0 saturated heterocycles. The number of aliphatic hydroxyl groups is 1. The number of hydrogen-bond donors (Lipinski definition) is 1. The van der Waals surface area contributed by atoms with Gasteiger partial charge in [0.25, 0.3) is 0 Å². The highest BCUT2D eigenvalue weighted by Crippen LogP contribution is 2.31. The standard InChI is InChI=1S/C12H10BrFO2/c1-7-6-8(14)2-3-9(7)11(15)12-10(13)4-5-16-12/h2-6,11,15H,1H3. The molecule has 2 rings (SSSR count). The maximum absolute atomic E-state index is 12.9. The van der Waals surface area contributed by atoms with Gasteiger partial charge >= 0.3 is 0 Å². The molecule has 0 spiro atoms. The summed E-state index contributed by atoms with van der Waals surface area (Å²) in [6.07, 6.45) is 0.603. The third-order valence-corrected chi connectivity index (χ3v) is 3.07. The minimum absolute atomic E-state index is 0.313. The second-order valence-corrected chi connectivity index (χ2v) is 4.39. The molecule has 4 heteroatoms. The first-order chi connectivity index (χ1) is 7.59. The van der Waals surface area contributed by atoms with Gasteiger partial charge in [-0.1, -0.05) is 6.07 Å². The lowest BCUT2D eigenvalue weighted by molar-refractivity contribution is 0.187. The Balaban J connectivity index is 2.41. The molecule has 0 bridgehead atoms.